The van der Waals surface area contributed by atoms with Crippen molar-refractivity contribution in [2.75, 3.05) is 38.1 Å². The van der Waals surface area contributed by atoms with Crippen molar-refractivity contribution in [2.24, 2.45) is 0 Å². The molecule has 0 radical (unpaired) electrons. The molecule has 1 aromatic heterocycles. The molecule has 2 aliphatic rings. The number of thiazole rings is 1. The second-order valence-corrected chi connectivity index (χ2v) is 8.37. The van der Waals surface area contributed by atoms with Gasteiger partial charge >= 0.3 is 0 Å². The number of benzene rings is 1. The molecular weight excluding hydrogens is 338 g/mol. The predicted molar refractivity (Wildman–Crippen MR) is 103 cm³/mol. The molecule has 1 aliphatic carbocycles. The first-order chi connectivity index (χ1) is 11.7. The maximum atomic E-state index is 6.10. The van der Waals surface area contributed by atoms with E-state index < -0.39 is 0 Å². The lowest BCUT2D eigenvalue weighted by molar-refractivity contribution is 0.312. The van der Waals surface area contributed by atoms with E-state index in [1.54, 1.807) is 0 Å². The average Bonchev–Trinajstić information content (AvgIpc) is 3.26. The standard InChI is InChI=1S/C19H24ClN3S/c1-22-10-12-23(13-11-22)18-21-17(14-24-18)19(8-2-3-9-19)15-4-6-16(20)7-5-15/h4-7,14H,2-3,8-13H2,1H3. The molecule has 1 aliphatic heterocycles. The van der Waals surface area contributed by atoms with Crippen molar-refractivity contribution >= 4 is 28.1 Å². The number of aromatic nitrogens is 1. The van der Waals surface area contributed by atoms with Crippen molar-refractivity contribution in [3.63, 3.8) is 0 Å². The van der Waals surface area contributed by atoms with Crippen LogP contribution in [0.25, 0.3) is 0 Å². The lowest BCUT2D eigenvalue weighted by Gasteiger charge is -2.32. The highest BCUT2D eigenvalue weighted by Gasteiger charge is 2.39. The molecule has 1 aromatic carbocycles. The summed E-state index contributed by atoms with van der Waals surface area (Å²) < 4.78 is 0. The number of rotatable bonds is 3. The molecule has 0 N–H and O–H groups in total. The van der Waals surface area contributed by atoms with Gasteiger partial charge in [0.1, 0.15) is 0 Å². The number of hydrogen-bond acceptors (Lipinski definition) is 4. The molecule has 0 unspecified atom stereocenters. The quantitative estimate of drug-likeness (QED) is 0.807. The Bertz CT molecular complexity index is 683. The molecule has 2 aromatic rings. The van der Waals surface area contributed by atoms with E-state index in [0.717, 1.165) is 31.2 Å². The third-order valence-corrected chi connectivity index (χ3v) is 6.76. The van der Waals surface area contributed by atoms with E-state index >= 15 is 0 Å². The van der Waals surface area contributed by atoms with E-state index in [4.69, 9.17) is 16.6 Å². The summed E-state index contributed by atoms with van der Waals surface area (Å²) >= 11 is 7.91. The summed E-state index contributed by atoms with van der Waals surface area (Å²) in [5.74, 6) is 0. The number of halogens is 1. The Hall–Kier alpha value is -1.10. The Morgan fingerprint density at radius 3 is 2.38 bits per heavy atom. The molecule has 0 bridgehead atoms. The molecule has 5 heteroatoms. The topological polar surface area (TPSA) is 19.4 Å². The Kier molecular flexibility index (Phi) is 4.54. The zero-order valence-electron chi connectivity index (χ0n) is 14.2. The zero-order chi connectivity index (χ0) is 16.6. The fourth-order valence-corrected chi connectivity index (χ4v) is 5.17. The number of hydrogen-bond donors (Lipinski definition) is 0. The molecule has 0 atom stereocenters. The summed E-state index contributed by atoms with van der Waals surface area (Å²) in [5.41, 5.74) is 2.73. The molecule has 1 saturated carbocycles. The number of piperazine rings is 1. The molecule has 128 valence electrons. The van der Waals surface area contributed by atoms with Crippen LogP contribution in [0.2, 0.25) is 5.02 Å². The van der Waals surface area contributed by atoms with E-state index in [1.807, 2.05) is 23.5 Å². The van der Waals surface area contributed by atoms with Gasteiger partial charge in [-0.25, -0.2) is 4.98 Å². The predicted octanol–water partition coefficient (Wildman–Crippen LogP) is 4.41. The first-order valence-electron chi connectivity index (χ1n) is 8.83. The van der Waals surface area contributed by atoms with Gasteiger partial charge < -0.3 is 9.80 Å². The maximum Gasteiger partial charge on any atom is 0.185 e. The summed E-state index contributed by atoms with van der Waals surface area (Å²) in [6.45, 7) is 4.41. The summed E-state index contributed by atoms with van der Waals surface area (Å²) in [4.78, 5) is 9.93. The first-order valence-corrected chi connectivity index (χ1v) is 10.1. The van der Waals surface area contributed by atoms with Crippen molar-refractivity contribution < 1.29 is 0 Å². The van der Waals surface area contributed by atoms with Crippen LogP contribution >= 0.6 is 22.9 Å². The highest BCUT2D eigenvalue weighted by Crippen LogP contribution is 2.47. The van der Waals surface area contributed by atoms with E-state index in [2.05, 4.69) is 34.4 Å². The van der Waals surface area contributed by atoms with Gasteiger partial charge in [0.05, 0.1) is 5.69 Å². The van der Waals surface area contributed by atoms with Gasteiger partial charge in [0, 0.05) is 42.0 Å². The van der Waals surface area contributed by atoms with Crippen LogP contribution in [0.3, 0.4) is 0 Å². The van der Waals surface area contributed by atoms with Crippen molar-refractivity contribution in [3.8, 4) is 0 Å². The third-order valence-electron chi connectivity index (χ3n) is 5.61. The molecule has 0 amide bonds. The number of nitrogens with zero attached hydrogens (tertiary/aromatic N) is 3. The highest BCUT2D eigenvalue weighted by atomic mass is 35.5. The fourth-order valence-electron chi connectivity index (χ4n) is 4.07. The van der Waals surface area contributed by atoms with Crippen LogP contribution in [-0.4, -0.2) is 43.1 Å². The van der Waals surface area contributed by atoms with Crippen LogP contribution in [0.1, 0.15) is 36.9 Å². The van der Waals surface area contributed by atoms with E-state index in [9.17, 15) is 0 Å². The van der Waals surface area contributed by atoms with Crippen LogP contribution in [0, 0.1) is 0 Å². The maximum absolute atomic E-state index is 6.10. The van der Waals surface area contributed by atoms with Gasteiger partial charge in [0.2, 0.25) is 0 Å². The van der Waals surface area contributed by atoms with Crippen molar-refractivity contribution in [3.05, 3.63) is 45.9 Å². The number of anilines is 1. The molecule has 1 saturated heterocycles. The van der Waals surface area contributed by atoms with Gasteiger partial charge in [-0.3, -0.25) is 0 Å². The monoisotopic (exact) mass is 361 g/mol. The summed E-state index contributed by atoms with van der Waals surface area (Å²) in [5, 5.41) is 4.30. The average molecular weight is 362 g/mol. The molecule has 3 nitrogen and oxygen atoms in total. The van der Waals surface area contributed by atoms with Crippen molar-refractivity contribution in [1.82, 2.24) is 9.88 Å². The Morgan fingerprint density at radius 2 is 1.71 bits per heavy atom. The van der Waals surface area contributed by atoms with Gasteiger partial charge in [-0.1, -0.05) is 36.6 Å². The largest absolute Gasteiger partial charge is 0.346 e. The molecule has 2 fully saturated rings. The molecule has 0 spiro atoms. The van der Waals surface area contributed by atoms with Gasteiger partial charge in [0.15, 0.2) is 5.13 Å². The second kappa shape index (κ2) is 6.66. The summed E-state index contributed by atoms with van der Waals surface area (Å²) in [6.07, 6.45) is 4.95. The second-order valence-electron chi connectivity index (χ2n) is 7.10. The lowest BCUT2D eigenvalue weighted by atomic mass is 9.76. The van der Waals surface area contributed by atoms with Crippen LogP contribution in [0.15, 0.2) is 29.6 Å². The fraction of sp³-hybridized carbons (Fsp3) is 0.526. The minimum absolute atomic E-state index is 0.0892. The minimum Gasteiger partial charge on any atom is -0.346 e. The molecule has 24 heavy (non-hydrogen) atoms. The van der Waals surface area contributed by atoms with Gasteiger partial charge in [-0.15, -0.1) is 11.3 Å². The Morgan fingerprint density at radius 1 is 1.04 bits per heavy atom. The highest BCUT2D eigenvalue weighted by molar-refractivity contribution is 7.13. The Labute approximate surface area is 153 Å². The summed E-state index contributed by atoms with van der Waals surface area (Å²) in [6, 6.07) is 8.43. The Balaban J connectivity index is 1.64. The van der Waals surface area contributed by atoms with Gasteiger partial charge in [0.25, 0.3) is 0 Å². The third kappa shape index (κ3) is 2.96. The van der Waals surface area contributed by atoms with E-state index in [-0.39, 0.29) is 5.41 Å². The summed E-state index contributed by atoms with van der Waals surface area (Å²) in [7, 11) is 2.19. The SMILES string of the molecule is CN1CCN(c2nc(C3(c4ccc(Cl)cc4)CCCC3)cs2)CC1. The van der Waals surface area contributed by atoms with Crippen LogP contribution in [-0.2, 0) is 5.41 Å². The molecular formula is C19H24ClN3S. The van der Waals surface area contributed by atoms with Crippen molar-refractivity contribution in [2.45, 2.75) is 31.1 Å². The van der Waals surface area contributed by atoms with Gasteiger partial charge in [-0.2, -0.15) is 0 Å². The van der Waals surface area contributed by atoms with E-state index in [0.29, 0.717) is 0 Å². The minimum atomic E-state index is 0.0892. The normalized spacial score (nSPS) is 21.3. The molecule has 2 heterocycles. The molecule has 4 rings (SSSR count). The first kappa shape index (κ1) is 16.4. The van der Waals surface area contributed by atoms with Crippen LogP contribution in [0.5, 0.6) is 0 Å². The van der Waals surface area contributed by atoms with Crippen LogP contribution < -0.4 is 4.90 Å². The zero-order valence-corrected chi connectivity index (χ0v) is 15.7. The number of likely N-dealkylation sites (N-methyl/N-ethyl adjacent to an activating group) is 1. The van der Waals surface area contributed by atoms with Crippen molar-refractivity contribution in [1.29, 1.82) is 0 Å². The van der Waals surface area contributed by atoms with Gasteiger partial charge in [-0.05, 0) is 37.6 Å². The van der Waals surface area contributed by atoms with E-state index in [1.165, 1.54) is 42.1 Å². The smallest absolute Gasteiger partial charge is 0.185 e. The van der Waals surface area contributed by atoms with Crippen LogP contribution in [0.4, 0.5) is 5.13 Å². The lowest BCUT2D eigenvalue weighted by Crippen LogP contribution is -2.44.